The van der Waals surface area contributed by atoms with Crippen molar-refractivity contribution >= 4 is 22.7 Å². The van der Waals surface area contributed by atoms with Crippen LogP contribution in [0.25, 0.3) is 0 Å². The van der Waals surface area contributed by atoms with E-state index in [4.69, 9.17) is 4.55 Å². The number of hydrogen-bond donors (Lipinski definition) is 2. The molecule has 10 heavy (non-hydrogen) atoms. The van der Waals surface area contributed by atoms with Gasteiger partial charge < -0.3 is 0 Å². The third-order valence-electron chi connectivity index (χ3n) is 1.18. The third-order valence-corrected chi connectivity index (χ3v) is 2.60. The topological polar surface area (TPSA) is 54.4 Å². The molecule has 0 bridgehead atoms. The molecule has 0 saturated carbocycles. The second-order valence-electron chi connectivity index (χ2n) is 2.41. The molecule has 0 rings (SSSR count). The Balaban J connectivity index is 3.99. The lowest BCUT2D eigenvalue weighted by atomic mass is 10.3. The fraction of sp³-hybridized carbons (Fsp3) is 1.00. The molecular weight excluding hydrogens is 172 g/mol. The van der Waals surface area contributed by atoms with E-state index in [-0.39, 0.29) is 5.25 Å². The average molecular weight is 184 g/mol. The largest absolute Gasteiger partial charge is 0.285 e. The highest BCUT2D eigenvalue weighted by molar-refractivity contribution is 7.86. The summed E-state index contributed by atoms with van der Waals surface area (Å²) in [4.78, 5) is 0. The van der Waals surface area contributed by atoms with Crippen molar-refractivity contribution < 1.29 is 13.0 Å². The second kappa shape index (κ2) is 3.59. The van der Waals surface area contributed by atoms with Gasteiger partial charge in [0.05, 0.1) is 5.25 Å². The first-order valence-electron chi connectivity index (χ1n) is 2.98. The predicted octanol–water partition coefficient (Wildman–Crippen LogP) is 0.971. The summed E-state index contributed by atoms with van der Waals surface area (Å²) in [6.07, 6.45) is 0.377. The first-order chi connectivity index (χ1) is 4.34. The maximum atomic E-state index is 10.4. The number of thiol groups is 1. The van der Waals surface area contributed by atoms with Crippen molar-refractivity contribution in [2.75, 3.05) is 0 Å². The van der Waals surface area contributed by atoms with Gasteiger partial charge in [0.2, 0.25) is 0 Å². The summed E-state index contributed by atoms with van der Waals surface area (Å²) < 4.78 is 29.2. The van der Waals surface area contributed by atoms with E-state index in [1.807, 2.05) is 0 Å². The molecule has 0 heterocycles. The normalized spacial score (nSPS) is 18.4. The summed E-state index contributed by atoms with van der Waals surface area (Å²) in [5.74, 6) is 0. The molecule has 0 fully saturated rings. The van der Waals surface area contributed by atoms with Crippen LogP contribution in [-0.4, -0.2) is 23.5 Å². The van der Waals surface area contributed by atoms with Crippen LogP contribution in [0.4, 0.5) is 0 Å². The first-order valence-corrected chi connectivity index (χ1v) is 5.00. The van der Waals surface area contributed by atoms with E-state index >= 15 is 0 Å². The highest BCUT2D eigenvalue weighted by Gasteiger charge is 2.18. The van der Waals surface area contributed by atoms with Gasteiger partial charge in [-0.25, -0.2) is 0 Å². The molecule has 0 aliphatic carbocycles. The van der Waals surface area contributed by atoms with Gasteiger partial charge in [-0.15, -0.1) is 0 Å². The Morgan fingerprint density at radius 2 is 1.90 bits per heavy atom. The lowest BCUT2D eigenvalue weighted by Gasteiger charge is -2.08. The molecule has 0 aromatic heterocycles. The fourth-order valence-electron chi connectivity index (χ4n) is 0.602. The molecule has 5 heteroatoms. The molecule has 0 aromatic rings. The van der Waals surface area contributed by atoms with E-state index in [2.05, 4.69) is 12.6 Å². The lowest BCUT2D eigenvalue weighted by Crippen LogP contribution is -2.19. The van der Waals surface area contributed by atoms with Crippen molar-refractivity contribution in [1.82, 2.24) is 0 Å². The summed E-state index contributed by atoms with van der Waals surface area (Å²) in [6.45, 7) is 3.24. The molecule has 0 spiro atoms. The summed E-state index contributed by atoms with van der Waals surface area (Å²) in [6, 6.07) is 0. The molecule has 0 aliphatic heterocycles. The molecule has 0 aromatic carbocycles. The monoisotopic (exact) mass is 184 g/mol. The van der Waals surface area contributed by atoms with Crippen molar-refractivity contribution in [3.05, 3.63) is 0 Å². The van der Waals surface area contributed by atoms with Gasteiger partial charge in [-0.1, -0.05) is 6.92 Å². The van der Waals surface area contributed by atoms with Crippen molar-refractivity contribution in [3.63, 3.8) is 0 Å². The smallest absolute Gasteiger partial charge is 0.267 e. The predicted molar refractivity (Wildman–Crippen MR) is 44.1 cm³/mol. The van der Waals surface area contributed by atoms with Crippen molar-refractivity contribution in [1.29, 1.82) is 0 Å². The molecule has 0 aliphatic rings. The molecule has 62 valence electrons. The summed E-state index contributed by atoms with van der Waals surface area (Å²) in [5.41, 5.74) is 0. The third kappa shape index (κ3) is 4.14. The Kier molecular flexibility index (Phi) is 3.69. The minimum absolute atomic E-state index is 0.00285. The molecule has 0 radical (unpaired) electrons. The molecule has 1 N–H and O–H groups in total. The van der Waals surface area contributed by atoms with Gasteiger partial charge in [-0.05, 0) is 13.3 Å². The molecular formula is C5H12O3S2. The van der Waals surface area contributed by atoms with Gasteiger partial charge in [0.1, 0.15) is 0 Å². The highest BCUT2D eigenvalue weighted by Crippen LogP contribution is 2.09. The van der Waals surface area contributed by atoms with Gasteiger partial charge in [-0.2, -0.15) is 21.0 Å². The van der Waals surface area contributed by atoms with Gasteiger partial charge in [0, 0.05) is 5.25 Å². The Hall–Kier alpha value is 0.260. The van der Waals surface area contributed by atoms with E-state index < -0.39 is 15.4 Å². The molecule has 2 atom stereocenters. The van der Waals surface area contributed by atoms with E-state index in [1.165, 1.54) is 6.92 Å². The Bertz CT molecular complexity index is 183. The summed E-state index contributed by atoms with van der Waals surface area (Å²) >= 11 is 3.99. The van der Waals surface area contributed by atoms with Crippen LogP contribution >= 0.6 is 12.6 Å². The van der Waals surface area contributed by atoms with Crippen LogP contribution in [0, 0.1) is 0 Å². The zero-order valence-corrected chi connectivity index (χ0v) is 7.69. The SMILES string of the molecule is CC(S)CC(C)S(=O)(=O)O. The van der Waals surface area contributed by atoms with Crippen LogP contribution in [0.5, 0.6) is 0 Å². The Labute approximate surface area is 67.0 Å². The van der Waals surface area contributed by atoms with Crippen molar-refractivity contribution in [2.24, 2.45) is 0 Å². The van der Waals surface area contributed by atoms with Gasteiger partial charge in [-0.3, -0.25) is 4.55 Å². The minimum atomic E-state index is -3.85. The van der Waals surface area contributed by atoms with Gasteiger partial charge in [0.25, 0.3) is 10.1 Å². The fourth-order valence-corrected chi connectivity index (χ4v) is 1.59. The van der Waals surface area contributed by atoms with Crippen LogP contribution in [0.1, 0.15) is 20.3 Å². The maximum Gasteiger partial charge on any atom is 0.267 e. The minimum Gasteiger partial charge on any atom is -0.285 e. The molecule has 0 saturated heterocycles. The van der Waals surface area contributed by atoms with Crippen LogP contribution in [0.15, 0.2) is 0 Å². The Morgan fingerprint density at radius 1 is 1.50 bits per heavy atom. The van der Waals surface area contributed by atoms with E-state index in [0.717, 1.165) is 0 Å². The van der Waals surface area contributed by atoms with E-state index in [0.29, 0.717) is 6.42 Å². The molecule has 3 nitrogen and oxygen atoms in total. The van der Waals surface area contributed by atoms with E-state index in [1.54, 1.807) is 6.92 Å². The van der Waals surface area contributed by atoms with Gasteiger partial charge >= 0.3 is 0 Å². The van der Waals surface area contributed by atoms with Crippen LogP contribution in [0.2, 0.25) is 0 Å². The van der Waals surface area contributed by atoms with Gasteiger partial charge in [0.15, 0.2) is 0 Å². The average Bonchev–Trinajstić information content (AvgIpc) is 1.60. The zero-order chi connectivity index (χ0) is 8.36. The second-order valence-corrected chi connectivity index (χ2v) is 5.13. The van der Waals surface area contributed by atoms with Crippen molar-refractivity contribution in [3.8, 4) is 0 Å². The standard InChI is InChI=1S/C5H12O3S2/c1-4(9)3-5(2)10(6,7)8/h4-5,9H,3H2,1-2H3,(H,6,7,8). The van der Waals surface area contributed by atoms with Crippen LogP contribution in [-0.2, 0) is 10.1 Å². The molecule has 2 unspecified atom stereocenters. The number of hydrogen-bond acceptors (Lipinski definition) is 3. The lowest BCUT2D eigenvalue weighted by molar-refractivity contribution is 0.466. The van der Waals surface area contributed by atoms with Crippen LogP contribution in [0.3, 0.4) is 0 Å². The maximum absolute atomic E-state index is 10.4. The van der Waals surface area contributed by atoms with E-state index in [9.17, 15) is 8.42 Å². The first kappa shape index (κ1) is 10.3. The molecule has 0 amide bonds. The van der Waals surface area contributed by atoms with Crippen LogP contribution < -0.4 is 0 Å². The highest BCUT2D eigenvalue weighted by atomic mass is 32.2. The zero-order valence-electron chi connectivity index (χ0n) is 5.98. The number of rotatable bonds is 3. The van der Waals surface area contributed by atoms with Crippen molar-refractivity contribution in [2.45, 2.75) is 30.8 Å². The quantitative estimate of drug-likeness (QED) is 0.507. The summed E-state index contributed by atoms with van der Waals surface area (Å²) in [5, 5.41) is -0.711. The Morgan fingerprint density at radius 3 is 2.00 bits per heavy atom. The summed E-state index contributed by atoms with van der Waals surface area (Å²) in [7, 11) is -3.85.